The summed E-state index contributed by atoms with van der Waals surface area (Å²) < 4.78 is 5.61. The van der Waals surface area contributed by atoms with Gasteiger partial charge in [0.1, 0.15) is 5.75 Å². The summed E-state index contributed by atoms with van der Waals surface area (Å²) in [5.74, 6) is -0.940. The Kier molecular flexibility index (Phi) is 4.83. The number of carbonyl (C=O) groups is 4. The minimum Gasteiger partial charge on any atom is -0.426 e. The summed E-state index contributed by atoms with van der Waals surface area (Å²) in [4.78, 5) is 54.5. The van der Waals surface area contributed by atoms with Crippen molar-refractivity contribution in [1.82, 2.24) is 0 Å². The van der Waals surface area contributed by atoms with Crippen LogP contribution in [0.1, 0.15) is 31.2 Å². The first-order valence-electron chi connectivity index (χ1n) is 12.0. The van der Waals surface area contributed by atoms with Gasteiger partial charge in [-0.3, -0.25) is 19.2 Å². The Balaban J connectivity index is 1.17. The molecule has 2 aromatic carbocycles. The van der Waals surface area contributed by atoms with E-state index < -0.39 is 11.9 Å². The Morgan fingerprint density at radius 1 is 0.912 bits per heavy atom. The average molecular weight is 459 g/mol. The minimum atomic E-state index is -0.582. The first-order valence-corrected chi connectivity index (χ1v) is 12.0. The molecule has 3 amide bonds. The van der Waals surface area contributed by atoms with E-state index in [1.165, 1.54) is 4.90 Å². The summed E-state index contributed by atoms with van der Waals surface area (Å²) in [6, 6.07) is 14.2. The van der Waals surface area contributed by atoms with E-state index in [1.54, 1.807) is 29.2 Å². The number of anilines is 2. The molecule has 2 aliphatic carbocycles. The summed E-state index contributed by atoms with van der Waals surface area (Å²) in [5.41, 5.74) is 2.25. The third-order valence-corrected chi connectivity index (χ3v) is 7.99. The summed E-state index contributed by atoms with van der Waals surface area (Å²) in [5, 5.41) is 0. The van der Waals surface area contributed by atoms with Crippen LogP contribution in [0.25, 0.3) is 0 Å². The highest BCUT2D eigenvalue weighted by atomic mass is 16.5. The molecule has 2 bridgehead atoms. The Morgan fingerprint density at radius 3 is 2.29 bits per heavy atom. The topological polar surface area (TPSA) is 84.0 Å². The Hall–Kier alpha value is -3.48. The van der Waals surface area contributed by atoms with Crippen LogP contribution in [-0.2, 0) is 19.2 Å². The maximum Gasteiger partial charge on any atom is 0.316 e. The third kappa shape index (κ3) is 3.25. The lowest BCUT2D eigenvalue weighted by Gasteiger charge is -2.19. The minimum absolute atomic E-state index is 0.0850. The fraction of sp³-hybridized carbons (Fsp3) is 0.407. The van der Waals surface area contributed by atoms with Gasteiger partial charge < -0.3 is 9.64 Å². The molecule has 7 nitrogen and oxygen atoms in total. The molecule has 2 saturated carbocycles. The van der Waals surface area contributed by atoms with Crippen molar-refractivity contribution in [2.45, 2.75) is 32.6 Å². The molecule has 2 aliphatic heterocycles. The lowest BCUT2D eigenvalue weighted by Crippen LogP contribution is -2.32. The maximum atomic E-state index is 13.1. The van der Waals surface area contributed by atoms with Gasteiger partial charge in [-0.2, -0.15) is 0 Å². The standard InChI is InChI=1S/C27H26N2O5/c1-15-4-2-5-19(10-15)28-14-18(12-22(28)30)27(33)34-21-7-3-6-20(13-21)29-25(31)23-16-8-9-17(11-16)24(23)26(29)32/h2-7,10,13,16-18,23-24H,8-9,11-12,14H2,1H3/t16-,17-,18+,23+,24+/m0/s1. The van der Waals surface area contributed by atoms with Crippen LogP contribution in [0.2, 0.25) is 0 Å². The van der Waals surface area contributed by atoms with Gasteiger partial charge in [-0.05, 0) is 67.9 Å². The predicted molar refractivity (Wildman–Crippen MR) is 124 cm³/mol. The summed E-state index contributed by atoms with van der Waals surface area (Å²) in [6.45, 7) is 2.21. The zero-order valence-corrected chi connectivity index (χ0v) is 19.0. The van der Waals surface area contributed by atoms with Crippen LogP contribution in [0.15, 0.2) is 48.5 Å². The SMILES string of the molecule is Cc1cccc(N2C[C@H](C(=O)Oc3cccc(N4C(=O)[C@@H]5[C@H]6CC[C@@H](C6)[C@H]5C4=O)c3)CC2=O)c1. The smallest absolute Gasteiger partial charge is 0.316 e. The highest BCUT2D eigenvalue weighted by molar-refractivity contribution is 6.22. The summed E-state index contributed by atoms with van der Waals surface area (Å²) in [6.07, 6.45) is 3.12. The molecule has 4 fully saturated rings. The first-order chi connectivity index (χ1) is 16.4. The molecule has 6 rings (SSSR count). The number of nitrogens with zero attached hydrogens (tertiary/aromatic N) is 2. The van der Waals surface area contributed by atoms with Crippen LogP contribution in [0.5, 0.6) is 5.75 Å². The summed E-state index contributed by atoms with van der Waals surface area (Å²) >= 11 is 0. The number of esters is 1. The fourth-order valence-corrected chi connectivity index (χ4v) is 6.46. The number of imide groups is 1. The van der Waals surface area contributed by atoms with Crippen molar-refractivity contribution in [3.8, 4) is 5.75 Å². The number of ether oxygens (including phenoxy) is 1. The van der Waals surface area contributed by atoms with Crippen LogP contribution in [-0.4, -0.2) is 30.2 Å². The van der Waals surface area contributed by atoms with Crippen molar-refractivity contribution in [1.29, 1.82) is 0 Å². The molecule has 5 atom stereocenters. The Labute approximate surface area is 197 Å². The van der Waals surface area contributed by atoms with Gasteiger partial charge in [0.05, 0.1) is 23.4 Å². The number of carbonyl (C=O) groups excluding carboxylic acids is 4. The number of amides is 3. The van der Waals surface area contributed by atoms with Gasteiger partial charge in [0.25, 0.3) is 0 Å². The largest absolute Gasteiger partial charge is 0.426 e. The van der Waals surface area contributed by atoms with Crippen LogP contribution in [0.4, 0.5) is 11.4 Å². The van der Waals surface area contributed by atoms with E-state index in [0.29, 0.717) is 17.5 Å². The molecular formula is C27H26N2O5. The molecule has 174 valence electrons. The van der Waals surface area contributed by atoms with E-state index >= 15 is 0 Å². The van der Waals surface area contributed by atoms with E-state index in [9.17, 15) is 19.2 Å². The average Bonchev–Trinajstić information content (AvgIpc) is 3.57. The number of hydrogen-bond acceptors (Lipinski definition) is 5. The molecule has 0 spiro atoms. The number of hydrogen-bond donors (Lipinski definition) is 0. The number of rotatable bonds is 4. The van der Waals surface area contributed by atoms with E-state index in [1.807, 2.05) is 31.2 Å². The predicted octanol–water partition coefficient (Wildman–Crippen LogP) is 3.49. The Bertz CT molecular complexity index is 1200. The monoisotopic (exact) mass is 458 g/mol. The van der Waals surface area contributed by atoms with Gasteiger partial charge in [-0.1, -0.05) is 18.2 Å². The normalized spacial score (nSPS) is 29.8. The molecule has 0 radical (unpaired) electrons. The Morgan fingerprint density at radius 2 is 1.59 bits per heavy atom. The molecule has 2 aromatic rings. The lowest BCUT2D eigenvalue weighted by atomic mass is 9.81. The molecular weight excluding hydrogens is 432 g/mol. The van der Waals surface area contributed by atoms with Crippen LogP contribution in [0, 0.1) is 36.5 Å². The van der Waals surface area contributed by atoms with Crippen LogP contribution >= 0.6 is 0 Å². The molecule has 34 heavy (non-hydrogen) atoms. The zero-order valence-electron chi connectivity index (χ0n) is 19.0. The van der Waals surface area contributed by atoms with E-state index in [2.05, 4.69) is 0 Å². The van der Waals surface area contributed by atoms with Crippen molar-refractivity contribution < 1.29 is 23.9 Å². The van der Waals surface area contributed by atoms with Crippen LogP contribution < -0.4 is 14.5 Å². The molecule has 7 heteroatoms. The second-order valence-corrected chi connectivity index (χ2v) is 10.1. The lowest BCUT2D eigenvalue weighted by molar-refractivity contribution is -0.139. The summed E-state index contributed by atoms with van der Waals surface area (Å²) in [7, 11) is 0. The van der Waals surface area contributed by atoms with Crippen molar-refractivity contribution >= 4 is 35.1 Å². The third-order valence-electron chi connectivity index (χ3n) is 7.99. The number of aryl methyl sites for hydroxylation is 1. The molecule has 0 aromatic heterocycles. The van der Waals surface area contributed by atoms with Gasteiger partial charge in [0.15, 0.2) is 0 Å². The van der Waals surface area contributed by atoms with Crippen molar-refractivity contribution in [2.75, 3.05) is 16.3 Å². The molecule has 0 unspecified atom stereocenters. The van der Waals surface area contributed by atoms with E-state index in [0.717, 1.165) is 30.5 Å². The van der Waals surface area contributed by atoms with Crippen molar-refractivity contribution in [3.63, 3.8) is 0 Å². The highest BCUT2D eigenvalue weighted by Crippen LogP contribution is 2.56. The van der Waals surface area contributed by atoms with E-state index in [-0.39, 0.29) is 48.3 Å². The van der Waals surface area contributed by atoms with Gasteiger partial charge >= 0.3 is 5.97 Å². The van der Waals surface area contributed by atoms with Gasteiger partial charge in [-0.15, -0.1) is 0 Å². The van der Waals surface area contributed by atoms with Gasteiger partial charge in [0, 0.05) is 24.7 Å². The van der Waals surface area contributed by atoms with Crippen LogP contribution in [0.3, 0.4) is 0 Å². The molecule has 2 saturated heterocycles. The fourth-order valence-electron chi connectivity index (χ4n) is 6.46. The maximum absolute atomic E-state index is 13.1. The molecule has 2 heterocycles. The number of benzene rings is 2. The second kappa shape index (κ2) is 7.79. The molecule has 0 N–H and O–H groups in total. The first kappa shape index (κ1) is 21.1. The number of fused-ring (bicyclic) bond motifs is 5. The van der Waals surface area contributed by atoms with E-state index in [4.69, 9.17) is 4.74 Å². The van der Waals surface area contributed by atoms with Gasteiger partial charge in [0.2, 0.25) is 17.7 Å². The zero-order chi connectivity index (χ0) is 23.6. The quantitative estimate of drug-likeness (QED) is 0.398. The van der Waals surface area contributed by atoms with Gasteiger partial charge in [-0.25, -0.2) is 4.90 Å². The van der Waals surface area contributed by atoms with Crippen molar-refractivity contribution in [2.24, 2.45) is 29.6 Å². The molecule has 4 aliphatic rings. The highest BCUT2D eigenvalue weighted by Gasteiger charge is 2.61. The second-order valence-electron chi connectivity index (χ2n) is 10.1. The van der Waals surface area contributed by atoms with Crippen molar-refractivity contribution in [3.05, 3.63) is 54.1 Å².